The Balaban J connectivity index is 1.33. The topological polar surface area (TPSA) is 81.4 Å². The van der Waals surface area contributed by atoms with E-state index in [1.807, 2.05) is 53.1 Å². The molecule has 3 heterocycles. The van der Waals surface area contributed by atoms with Gasteiger partial charge in [0.05, 0.1) is 23.2 Å². The van der Waals surface area contributed by atoms with E-state index in [0.29, 0.717) is 17.4 Å². The van der Waals surface area contributed by atoms with Crippen LogP contribution in [0.1, 0.15) is 26.1 Å². The molecule has 0 aliphatic heterocycles. The fourth-order valence-corrected chi connectivity index (χ4v) is 5.46. The molecule has 0 aliphatic rings. The standard InChI is InChI=1S/C27H26ClN5O2S/c1-16(2)12-19(26(34)35-3)14-25-32-31-24-13-18(10-11-33(24)25)17-4-7-21(8-5-17)29-27-30-22-9-6-20(28)15-23(22)36-27/h4-11,13,15-16,19H,12,14H2,1-3H3,(H,29,30). The van der Waals surface area contributed by atoms with Crippen LogP contribution in [-0.4, -0.2) is 32.7 Å². The Morgan fingerprint density at radius 3 is 2.64 bits per heavy atom. The third kappa shape index (κ3) is 5.20. The minimum Gasteiger partial charge on any atom is -0.469 e. The summed E-state index contributed by atoms with van der Waals surface area (Å²) in [6.07, 6.45) is 3.19. The number of aromatic nitrogens is 4. The van der Waals surface area contributed by atoms with Crippen LogP contribution >= 0.6 is 22.9 Å². The van der Waals surface area contributed by atoms with Crippen LogP contribution in [0.2, 0.25) is 5.02 Å². The number of ether oxygens (including phenoxy) is 1. The molecule has 7 nitrogen and oxygen atoms in total. The van der Waals surface area contributed by atoms with E-state index in [2.05, 4.69) is 46.5 Å². The maximum atomic E-state index is 12.3. The van der Waals surface area contributed by atoms with Gasteiger partial charge in [-0.25, -0.2) is 4.98 Å². The van der Waals surface area contributed by atoms with Crippen molar-refractivity contribution in [2.45, 2.75) is 26.7 Å². The molecule has 0 aliphatic carbocycles. The lowest BCUT2D eigenvalue weighted by molar-refractivity contribution is -0.146. The van der Waals surface area contributed by atoms with Gasteiger partial charge in [-0.3, -0.25) is 9.20 Å². The molecule has 2 aromatic carbocycles. The molecule has 1 unspecified atom stereocenters. The SMILES string of the molecule is COC(=O)C(Cc1nnc2cc(-c3ccc(Nc4nc5ccc(Cl)cc5s4)cc3)ccn12)CC(C)C. The molecule has 9 heteroatoms. The maximum Gasteiger partial charge on any atom is 0.309 e. The van der Waals surface area contributed by atoms with Gasteiger partial charge in [-0.05, 0) is 65.9 Å². The van der Waals surface area contributed by atoms with E-state index < -0.39 is 0 Å². The highest BCUT2D eigenvalue weighted by Gasteiger charge is 2.23. The van der Waals surface area contributed by atoms with Crippen molar-refractivity contribution in [1.29, 1.82) is 0 Å². The number of benzene rings is 2. The van der Waals surface area contributed by atoms with Crippen molar-refractivity contribution in [3.8, 4) is 11.1 Å². The first-order chi connectivity index (χ1) is 17.4. The van der Waals surface area contributed by atoms with Gasteiger partial charge in [-0.2, -0.15) is 0 Å². The Kier molecular flexibility index (Phi) is 6.89. The van der Waals surface area contributed by atoms with E-state index in [1.54, 1.807) is 11.3 Å². The Morgan fingerprint density at radius 1 is 1.08 bits per heavy atom. The molecule has 5 aromatic rings. The maximum absolute atomic E-state index is 12.3. The Morgan fingerprint density at radius 2 is 1.89 bits per heavy atom. The predicted octanol–water partition coefficient (Wildman–Crippen LogP) is 6.78. The summed E-state index contributed by atoms with van der Waals surface area (Å²) in [4.78, 5) is 16.9. The number of methoxy groups -OCH3 is 1. The number of nitrogens with zero attached hydrogens (tertiary/aromatic N) is 4. The molecule has 5 rings (SSSR count). The third-order valence-electron chi connectivity index (χ3n) is 6.02. The number of esters is 1. The fraction of sp³-hybridized carbons (Fsp3) is 0.259. The number of rotatable bonds is 8. The second-order valence-corrected chi connectivity index (χ2v) is 10.6. The number of halogens is 1. The molecule has 0 fully saturated rings. The van der Waals surface area contributed by atoms with Crippen LogP contribution in [0, 0.1) is 11.8 Å². The van der Waals surface area contributed by atoms with Gasteiger partial charge in [0, 0.05) is 23.3 Å². The average molecular weight is 520 g/mol. The molecule has 3 aromatic heterocycles. The summed E-state index contributed by atoms with van der Waals surface area (Å²) in [5, 5.41) is 13.6. The number of pyridine rings is 1. The van der Waals surface area contributed by atoms with E-state index in [-0.39, 0.29) is 11.9 Å². The Labute approximate surface area is 218 Å². The molecular weight excluding hydrogens is 494 g/mol. The predicted molar refractivity (Wildman–Crippen MR) is 145 cm³/mol. The Hall–Kier alpha value is -3.49. The van der Waals surface area contributed by atoms with Crippen LogP contribution in [-0.2, 0) is 16.0 Å². The van der Waals surface area contributed by atoms with Crippen molar-refractivity contribution < 1.29 is 9.53 Å². The van der Waals surface area contributed by atoms with Gasteiger partial charge in [0.25, 0.3) is 0 Å². The van der Waals surface area contributed by atoms with Crippen molar-refractivity contribution in [2.75, 3.05) is 12.4 Å². The number of hydrogen-bond donors (Lipinski definition) is 1. The first-order valence-corrected chi connectivity index (χ1v) is 12.9. The lowest BCUT2D eigenvalue weighted by Gasteiger charge is -2.15. The van der Waals surface area contributed by atoms with Crippen LogP contribution in [0.3, 0.4) is 0 Å². The zero-order chi connectivity index (χ0) is 25.2. The molecule has 1 atom stereocenters. The summed E-state index contributed by atoms with van der Waals surface area (Å²) in [7, 11) is 1.43. The lowest BCUT2D eigenvalue weighted by Crippen LogP contribution is -2.21. The number of nitrogens with one attached hydrogen (secondary N) is 1. The molecule has 0 spiro atoms. The number of carbonyl (C=O) groups excluding carboxylic acids is 1. The first kappa shape index (κ1) is 24.2. The van der Waals surface area contributed by atoms with Crippen molar-refractivity contribution in [2.24, 2.45) is 11.8 Å². The van der Waals surface area contributed by atoms with Crippen LogP contribution in [0.15, 0.2) is 60.8 Å². The van der Waals surface area contributed by atoms with E-state index in [1.165, 1.54) is 7.11 Å². The molecule has 1 N–H and O–H groups in total. The van der Waals surface area contributed by atoms with Crippen molar-refractivity contribution in [1.82, 2.24) is 19.6 Å². The summed E-state index contributed by atoms with van der Waals surface area (Å²) in [6.45, 7) is 4.19. The number of carbonyl (C=O) groups is 1. The van der Waals surface area contributed by atoms with Crippen LogP contribution < -0.4 is 5.32 Å². The van der Waals surface area contributed by atoms with Gasteiger partial charge < -0.3 is 10.1 Å². The van der Waals surface area contributed by atoms with Crippen molar-refractivity contribution >= 4 is 55.6 Å². The minimum absolute atomic E-state index is 0.208. The summed E-state index contributed by atoms with van der Waals surface area (Å²) in [5.41, 5.74) is 4.72. The molecule has 0 bridgehead atoms. The zero-order valence-corrected chi connectivity index (χ0v) is 21.8. The van der Waals surface area contributed by atoms with Gasteiger partial charge in [0.2, 0.25) is 0 Å². The zero-order valence-electron chi connectivity index (χ0n) is 20.2. The van der Waals surface area contributed by atoms with E-state index in [4.69, 9.17) is 16.3 Å². The molecule has 184 valence electrons. The number of thiazole rings is 1. The van der Waals surface area contributed by atoms with Crippen LogP contribution in [0.5, 0.6) is 0 Å². The smallest absolute Gasteiger partial charge is 0.309 e. The number of hydrogen-bond acceptors (Lipinski definition) is 7. The second kappa shape index (κ2) is 10.2. The van der Waals surface area contributed by atoms with Gasteiger partial charge in [-0.1, -0.05) is 48.9 Å². The highest BCUT2D eigenvalue weighted by atomic mass is 35.5. The molecule has 0 amide bonds. The molecule has 0 radical (unpaired) electrons. The summed E-state index contributed by atoms with van der Waals surface area (Å²) in [5.74, 6) is 0.685. The molecule has 0 saturated carbocycles. The van der Waals surface area contributed by atoms with Gasteiger partial charge in [0.1, 0.15) is 5.82 Å². The fourth-order valence-electron chi connectivity index (χ4n) is 4.30. The van der Waals surface area contributed by atoms with Gasteiger partial charge in [0.15, 0.2) is 10.8 Å². The van der Waals surface area contributed by atoms with Crippen LogP contribution in [0.4, 0.5) is 10.8 Å². The largest absolute Gasteiger partial charge is 0.469 e. The van der Waals surface area contributed by atoms with E-state index in [0.717, 1.165) is 50.1 Å². The molecule has 0 saturated heterocycles. The summed E-state index contributed by atoms with van der Waals surface area (Å²) in [6, 6.07) is 17.9. The quantitative estimate of drug-likeness (QED) is 0.227. The monoisotopic (exact) mass is 519 g/mol. The Bertz CT molecular complexity index is 1530. The van der Waals surface area contributed by atoms with Gasteiger partial charge >= 0.3 is 5.97 Å². The highest BCUT2D eigenvalue weighted by Crippen LogP contribution is 2.31. The van der Waals surface area contributed by atoms with E-state index in [9.17, 15) is 4.79 Å². The average Bonchev–Trinajstić information content (AvgIpc) is 3.45. The lowest BCUT2D eigenvalue weighted by atomic mass is 9.94. The highest BCUT2D eigenvalue weighted by molar-refractivity contribution is 7.22. The minimum atomic E-state index is -0.241. The number of anilines is 2. The van der Waals surface area contributed by atoms with Crippen LogP contribution in [0.25, 0.3) is 27.0 Å². The summed E-state index contributed by atoms with van der Waals surface area (Å²) < 4.78 is 7.99. The van der Waals surface area contributed by atoms with Gasteiger partial charge in [-0.15, -0.1) is 10.2 Å². The summed E-state index contributed by atoms with van der Waals surface area (Å²) >= 11 is 7.66. The second-order valence-electron chi connectivity index (χ2n) is 9.15. The molecule has 36 heavy (non-hydrogen) atoms. The third-order valence-corrected chi connectivity index (χ3v) is 7.19. The number of fused-ring (bicyclic) bond motifs is 2. The first-order valence-electron chi connectivity index (χ1n) is 11.7. The normalized spacial score (nSPS) is 12.4. The van der Waals surface area contributed by atoms with E-state index >= 15 is 0 Å². The van der Waals surface area contributed by atoms with Crippen molar-refractivity contribution in [3.63, 3.8) is 0 Å². The van der Waals surface area contributed by atoms with Crippen molar-refractivity contribution in [3.05, 3.63) is 71.6 Å². The molecular formula is C27H26ClN5O2S.